The van der Waals surface area contributed by atoms with Gasteiger partial charge in [-0.05, 0) is 32.9 Å². The molecular formula is C22H28N6O4S. The first-order chi connectivity index (χ1) is 15.7. The molecular weight excluding hydrogens is 444 g/mol. The van der Waals surface area contributed by atoms with Crippen LogP contribution in [0, 0.1) is 20.8 Å². The van der Waals surface area contributed by atoms with Crippen molar-refractivity contribution in [3.05, 3.63) is 47.8 Å². The highest BCUT2D eigenvalue weighted by atomic mass is 32.2. The first-order valence-corrected chi connectivity index (χ1v) is 12.0. The van der Waals surface area contributed by atoms with Gasteiger partial charge in [-0.25, -0.2) is 23.4 Å². The van der Waals surface area contributed by atoms with Crippen LogP contribution < -0.4 is 14.4 Å². The quantitative estimate of drug-likeness (QED) is 0.538. The molecule has 0 atom stereocenters. The van der Waals surface area contributed by atoms with Crippen molar-refractivity contribution in [2.24, 2.45) is 0 Å². The van der Waals surface area contributed by atoms with Gasteiger partial charge in [0.1, 0.15) is 40.2 Å². The zero-order valence-corrected chi connectivity index (χ0v) is 20.3. The zero-order valence-electron chi connectivity index (χ0n) is 19.4. The van der Waals surface area contributed by atoms with Gasteiger partial charge in [0.15, 0.2) is 0 Å². The van der Waals surface area contributed by atoms with Crippen LogP contribution >= 0.6 is 0 Å². The van der Waals surface area contributed by atoms with Gasteiger partial charge in [0.2, 0.25) is 10.0 Å². The maximum absolute atomic E-state index is 13.3. The van der Waals surface area contributed by atoms with Gasteiger partial charge in [-0.2, -0.15) is 4.31 Å². The maximum Gasteiger partial charge on any atom is 0.247 e. The predicted octanol–water partition coefficient (Wildman–Crippen LogP) is 2.12. The average molecular weight is 473 g/mol. The van der Waals surface area contributed by atoms with Gasteiger partial charge < -0.3 is 14.4 Å². The van der Waals surface area contributed by atoms with Gasteiger partial charge in [0.05, 0.1) is 19.9 Å². The van der Waals surface area contributed by atoms with Crippen LogP contribution in [0.3, 0.4) is 0 Å². The number of sulfonamides is 1. The molecule has 1 fully saturated rings. The van der Waals surface area contributed by atoms with Gasteiger partial charge in [0, 0.05) is 44.0 Å². The molecule has 0 radical (unpaired) electrons. The molecule has 10 nitrogen and oxygen atoms in total. The summed E-state index contributed by atoms with van der Waals surface area (Å²) in [6.45, 7) is 7.46. The van der Waals surface area contributed by atoms with Crippen molar-refractivity contribution in [3.8, 4) is 17.3 Å². The molecule has 3 heterocycles. The van der Waals surface area contributed by atoms with Gasteiger partial charge in [-0.15, -0.1) is 0 Å². The summed E-state index contributed by atoms with van der Waals surface area (Å²) in [6.07, 6.45) is 1.75. The van der Waals surface area contributed by atoms with Crippen LogP contribution in [0.1, 0.15) is 17.2 Å². The van der Waals surface area contributed by atoms with Crippen LogP contribution in [0.4, 0.5) is 5.82 Å². The van der Waals surface area contributed by atoms with Crippen molar-refractivity contribution in [1.29, 1.82) is 0 Å². The fourth-order valence-corrected chi connectivity index (χ4v) is 5.43. The Bertz CT molecular complexity index is 1270. The third-order valence-corrected chi connectivity index (χ3v) is 7.78. The first kappa shape index (κ1) is 23.0. The zero-order chi connectivity index (χ0) is 23.8. The van der Waals surface area contributed by atoms with E-state index in [1.165, 1.54) is 24.6 Å². The summed E-state index contributed by atoms with van der Waals surface area (Å²) in [4.78, 5) is 15.7. The van der Waals surface area contributed by atoms with Gasteiger partial charge in [-0.3, -0.25) is 4.57 Å². The normalized spacial score (nSPS) is 15.0. The van der Waals surface area contributed by atoms with Crippen LogP contribution in [-0.4, -0.2) is 72.6 Å². The summed E-state index contributed by atoms with van der Waals surface area (Å²) in [5.41, 5.74) is 1.96. The van der Waals surface area contributed by atoms with Crippen molar-refractivity contribution < 1.29 is 17.9 Å². The summed E-state index contributed by atoms with van der Waals surface area (Å²) in [7, 11) is -0.791. The van der Waals surface area contributed by atoms with E-state index in [1.807, 2.05) is 31.4 Å². The molecule has 3 aromatic rings. The van der Waals surface area contributed by atoms with Crippen molar-refractivity contribution >= 4 is 15.8 Å². The molecule has 4 rings (SSSR count). The lowest BCUT2D eigenvalue weighted by Crippen LogP contribution is -2.49. The van der Waals surface area contributed by atoms with E-state index in [-0.39, 0.29) is 4.90 Å². The highest BCUT2D eigenvalue weighted by molar-refractivity contribution is 7.89. The average Bonchev–Trinajstić information content (AvgIpc) is 3.16. The Hall–Kier alpha value is -3.18. The Balaban J connectivity index is 1.56. The van der Waals surface area contributed by atoms with E-state index in [2.05, 4.69) is 19.9 Å². The van der Waals surface area contributed by atoms with Crippen molar-refractivity contribution in [3.63, 3.8) is 0 Å². The number of nitrogens with zero attached hydrogens (tertiary/aromatic N) is 6. The minimum Gasteiger partial charge on any atom is -0.497 e. The maximum atomic E-state index is 13.3. The highest BCUT2D eigenvalue weighted by Crippen LogP contribution is 2.31. The fourth-order valence-electron chi connectivity index (χ4n) is 3.83. The van der Waals surface area contributed by atoms with Crippen molar-refractivity contribution in [2.75, 3.05) is 45.3 Å². The lowest BCUT2D eigenvalue weighted by Gasteiger charge is -2.35. The Kier molecular flexibility index (Phi) is 6.26. The second-order valence-corrected chi connectivity index (χ2v) is 9.73. The van der Waals surface area contributed by atoms with E-state index in [0.717, 1.165) is 23.0 Å². The van der Waals surface area contributed by atoms with Crippen LogP contribution in [0.25, 0.3) is 5.82 Å². The number of piperazine rings is 1. The number of aryl methyl sites for hydroxylation is 2. The number of hydrogen-bond donors (Lipinski definition) is 0. The van der Waals surface area contributed by atoms with E-state index in [1.54, 1.807) is 18.5 Å². The number of hydrogen-bond acceptors (Lipinski definition) is 8. The number of methoxy groups -OCH3 is 2. The summed E-state index contributed by atoms with van der Waals surface area (Å²) in [5.74, 6) is 2.90. The van der Waals surface area contributed by atoms with Crippen molar-refractivity contribution in [1.82, 2.24) is 23.8 Å². The lowest BCUT2D eigenvalue weighted by atomic mass is 10.3. The summed E-state index contributed by atoms with van der Waals surface area (Å²) >= 11 is 0. The van der Waals surface area contributed by atoms with Gasteiger partial charge >= 0.3 is 0 Å². The van der Waals surface area contributed by atoms with E-state index < -0.39 is 10.0 Å². The number of benzene rings is 1. The third-order valence-electron chi connectivity index (χ3n) is 5.86. The van der Waals surface area contributed by atoms with E-state index in [4.69, 9.17) is 9.47 Å². The van der Waals surface area contributed by atoms with Crippen LogP contribution in [0.5, 0.6) is 11.5 Å². The highest BCUT2D eigenvalue weighted by Gasteiger charge is 2.32. The van der Waals surface area contributed by atoms with Gasteiger partial charge in [-0.1, -0.05) is 0 Å². The summed E-state index contributed by atoms with van der Waals surface area (Å²) in [6, 6.07) is 6.69. The molecule has 11 heteroatoms. The molecule has 1 aliphatic heterocycles. The Morgan fingerprint density at radius 3 is 2.21 bits per heavy atom. The molecule has 0 amide bonds. The smallest absolute Gasteiger partial charge is 0.247 e. The third kappa shape index (κ3) is 4.38. The molecule has 0 saturated carbocycles. The number of rotatable bonds is 6. The second-order valence-electron chi connectivity index (χ2n) is 7.82. The summed E-state index contributed by atoms with van der Waals surface area (Å²) < 4.78 is 40.6. The van der Waals surface area contributed by atoms with Crippen LogP contribution in [0.2, 0.25) is 0 Å². The van der Waals surface area contributed by atoms with E-state index in [9.17, 15) is 8.42 Å². The Labute approximate surface area is 193 Å². The largest absolute Gasteiger partial charge is 0.497 e. The molecule has 176 valence electrons. The van der Waals surface area contributed by atoms with Crippen molar-refractivity contribution in [2.45, 2.75) is 25.7 Å². The van der Waals surface area contributed by atoms with E-state index in [0.29, 0.717) is 43.5 Å². The molecule has 0 spiro atoms. The minimum absolute atomic E-state index is 0.101. The monoisotopic (exact) mass is 472 g/mol. The Morgan fingerprint density at radius 1 is 0.909 bits per heavy atom. The van der Waals surface area contributed by atoms with Crippen LogP contribution in [0.15, 0.2) is 35.5 Å². The SMILES string of the molecule is COc1ccc(OC)c(S(=O)(=O)N2CCN(c3cc(-n4cnc(C)c4C)nc(C)n3)CC2)c1. The first-order valence-electron chi connectivity index (χ1n) is 10.6. The lowest BCUT2D eigenvalue weighted by molar-refractivity contribution is 0.370. The number of imidazole rings is 1. The molecule has 1 saturated heterocycles. The Morgan fingerprint density at radius 2 is 1.61 bits per heavy atom. The number of aromatic nitrogens is 4. The molecule has 1 aliphatic rings. The number of anilines is 1. The van der Waals surface area contributed by atoms with Crippen LogP contribution in [-0.2, 0) is 10.0 Å². The molecule has 0 bridgehead atoms. The molecule has 0 N–H and O–H groups in total. The molecule has 0 aliphatic carbocycles. The van der Waals surface area contributed by atoms with E-state index >= 15 is 0 Å². The van der Waals surface area contributed by atoms with Gasteiger partial charge in [0.25, 0.3) is 0 Å². The predicted molar refractivity (Wildman–Crippen MR) is 124 cm³/mol. The second kappa shape index (κ2) is 8.99. The molecule has 0 unspecified atom stereocenters. The standard InChI is InChI=1S/C22H28N6O4S/c1-15-16(2)28(14-23-15)22-13-21(24-17(3)25-22)26-8-10-27(11-9-26)33(29,30)20-12-18(31-4)6-7-19(20)32-5/h6-7,12-14H,8-11H2,1-5H3. The minimum atomic E-state index is -3.75. The topological polar surface area (TPSA) is 103 Å². The number of ether oxygens (including phenoxy) is 2. The molecule has 2 aromatic heterocycles. The molecule has 1 aromatic carbocycles. The fraction of sp³-hybridized carbons (Fsp3) is 0.409. The summed E-state index contributed by atoms with van der Waals surface area (Å²) in [5, 5.41) is 0. The molecule has 33 heavy (non-hydrogen) atoms.